The molecule has 6 nitrogen and oxygen atoms in total. The van der Waals surface area contributed by atoms with Crippen molar-refractivity contribution in [2.45, 2.75) is 26.8 Å². The lowest BCUT2D eigenvalue weighted by atomic mass is 10.2. The first-order valence-electron chi connectivity index (χ1n) is 8.79. The van der Waals surface area contributed by atoms with Gasteiger partial charge in [0.25, 0.3) is 0 Å². The summed E-state index contributed by atoms with van der Waals surface area (Å²) in [5.74, 6) is 1.93. The number of aromatic nitrogens is 2. The van der Waals surface area contributed by atoms with Crippen molar-refractivity contribution in [3.8, 4) is 11.4 Å². The Hall–Kier alpha value is -1.65. The normalized spacial score (nSPS) is 11.2. The van der Waals surface area contributed by atoms with Crippen molar-refractivity contribution < 1.29 is 4.52 Å². The van der Waals surface area contributed by atoms with Crippen LogP contribution in [0, 0.1) is 6.92 Å². The average Bonchev–Trinajstić information content (AvgIpc) is 3.29. The Morgan fingerprint density at radius 2 is 2.00 bits per heavy atom. The van der Waals surface area contributed by atoms with Crippen LogP contribution in [0.25, 0.3) is 11.4 Å². The Kier molecular flexibility index (Phi) is 9.20. The van der Waals surface area contributed by atoms with Gasteiger partial charge in [-0.15, -0.1) is 35.3 Å². The monoisotopic (exact) mass is 531 g/mol. The third kappa shape index (κ3) is 6.46. The topological polar surface area (TPSA) is 75.3 Å². The summed E-state index contributed by atoms with van der Waals surface area (Å²) >= 11 is 7.63. The van der Waals surface area contributed by atoms with E-state index in [1.54, 1.807) is 11.3 Å². The molecule has 3 aromatic rings. The zero-order valence-corrected chi connectivity index (χ0v) is 19.6. The van der Waals surface area contributed by atoms with Crippen LogP contribution in [0.2, 0.25) is 5.02 Å². The van der Waals surface area contributed by atoms with E-state index in [0.29, 0.717) is 36.2 Å². The molecule has 0 spiro atoms. The molecule has 2 N–H and O–H groups in total. The number of benzene rings is 1. The number of rotatable bonds is 7. The van der Waals surface area contributed by atoms with Gasteiger partial charge in [-0.25, -0.2) is 4.99 Å². The molecule has 0 saturated heterocycles. The molecule has 0 atom stereocenters. The summed E-state index contributed by atoms with van der Waals surface area (Å²) in [4.78, 5) is 10.3. The van der Waals surface area contributed by atoms with Gasteiger partial charge in [0, 0.05) is 35.0 Å². The van der Waals surface area contributed by atoms with Gasteiger partial charge in [-0.1, -0.05) is 16.8 Å². The zero-order valence-electron chi connectivity index (χ0n) is 15.7. The van der Waals surface area contributed by atoms with E-state index >= 15 is 0 Å². The van der Waals surface area contributed by atoms with Crippen LogP contribution in [0.15, 0.2) is 45.2 Å². The van der Waals surface area contributed by atoms with Gasteiger partial charge in [-0.05, 0) is 55.1 Å². The molecule has 0 amide bonds. The molecule has 0 aliphatic carbocycles. The van der Waals surface area contributed by atoms with E-state index in [1.807, 2.05) is 31.2 Å². The van der Waals surface area contributed by atoms with Crippen LogP contribution in [0.5, 0.6) is 0 Å². The Labute approximate surface area is 190 Å². The SMILES string of the molecule is CCNC(=NCc1sccc1C)NCCc1nc(-c2ccc(Cl)cc2)no1.I. The van der Waals surface area contributed by atoms with Crippen molar-refractivity contribution in [1.82, 2.24) is 20.8 Å². The third-order valence-electron chi connectivity index (χ3n) is 3.89. The summed E-state index contributed by atoms with van der Waals surface area (Å²) in [6.45, 7) is 6.27. The molecule has 0 unspecified atom stereocenters. The number of guanidine groups is 1. The number of hydrogen-bond donors (Lipinski definition) is 2. The minimum atomic E-state index is 0. The number of nitrogens with zero attached hydrogens (tertiary/aromatic N) is 3. The molecule has 2 heterocycles. The van der Waals surface area contributed by atoms with Gasteiger partial charge in [0.15, 0.2) is 5.96 Å². The summed E-state index contributed by atoms with van der Waals surface area (Å²) < 4.78 is 5.33. The van der Waals surface area contributed by atoms with E-state index in [-0.39, 0.29) is 24.0 Å². The standard InChI is InChI=1S/C19H22ClN5OS.HI/c1-3-21-19(23-12-16-13(2)9-11-27-16)22-10-8-17-24-18(25-26-17)14-4-6-15(20)7-5-14;/h4-7,9,11H,3,8,10,12H2,1-2H3,(H2,21,22,23);1H. The molecular weight excluding hydrogens is 509 g/mol. The second kappa shape index (κ2) is 11.4. The number of aliphatic imine (C=N–C) groups is 1. The fraction of sp³-hybridized carbons (Fsp3) is 0.316. The van der Waals surface area contributed by atoms with Gasteiger partial charge < -0.3 is 15.2 Å². The van der Waals surface area contributed by atoms with Crippen molar-refractivity contribution in [1.29, 1.82) is 0 Å². The maximum absolute atomic E-state index is 5.91. The highest BCUT2D eigenvalue weighted by Crippen LogP contribution is 2.19. The lowest BCUT2D eigenvalue weighted by Gasteiger charge is -2.10. The van der Waals surface area contributed by atoms with Crippen LogP contribution in [-0.2, 0) is 13.0 Å². The summed E-state index contributed by atoms with van der Waals surface area (Å²) in [5.41, 5.74) is 2.16. The summed E-state index contributed by atoms with van der Waals surface area (Å²) in [7, 11) is 0. The minimum absolute atomic E-state index is 0. The Morgan fingerprint density at radius 3 is 2.68 bits per heavy atom. The highest BCUT2D eigenvalue weighted by molar-refractivity contribution is 14.0. The molecule has 9 heteroatoms. The first-order chi connectivity index (χ1) is 13.2. The van der Waals surface area contributed by atoms with Crippen LogP contribution < -0.4 is 10.6 Å². The second-order valence-corrected chi connectivity index (χ2v) is 7.35. The molecule has 28 heavy (non-hydrogen) atoms. The van der Waals surface area contributed by atoms with Gasteiger partial charge in [0.1, 0.15) is 0 Å². The largest absolute Gasteiger partial charge is 0.357 e. The molecule has 1 aromatic carbocycles. The van der Waals surface area contributed by atoms with Crippen LogP contribution in [-0.4, -0.2) is 29.2 Å². The number of halogens is 2. The summed E-state index contributed by atoms with van der Waals surface area (Å²) in [5, 5.41) is 13.4. The predicted octanol–water partition coefficient (Wildman–Crippen LogP) is 4.68. The van der Waals surface area contributed by atoms with Crippen molar-refractivity contribution in [3.05, 3.63) is 57.1 Å². The molecule has 150 valence electrons. The second-order valence-electron chi connectivity index (χ2n) is 5.92. The van der Waals surface area contributed by atoms with Gasteiger partial charge in [0.2, 0.25) is 11.7 Å². The number of aryl methyl sites for hydroxylation is 1. The lowest BCUT2D eigenvalue weighted by molar-refractivity contribution is 0.378. The Balaban J connectivity index is 0.00000280. The predicted molar refractivity (Wildman–Crippen MR) is 126 cm³/mol. The smallest absolute Gasteiger partial charge is 0.228 e. The Morgan fingerprint density at radius 1 is 1.21 bits per heavy atom. The number of hydrogen-bond acceptors (Lipinski definition) is 5. The maximum atomic E-state index is 5.91. The fourth-order valence-corrected chi connectivity index (χ4v) is 3.37. The minimum Gasteiger partial charge on any atom is -0.357 e. The van der Waals surface area contributed by atoms with Crippen LogP contribution >= 0.6 is 46.9 Å². The van der Waals surface area contributed by atoms with Crippen LogP contribution in [0.3, 0.4) is 0 Å². The summed E-state index contributed by atoms with van der Waals surface area (Å²) in [6.07, 6.45) is 0.614. The van der Waals surface area contributed by atoms with Crippen molar-refractivity contribution >= 4 is 52.9 Å². The van der Waals surface area contributed by atoms with E-state index in [2.05, 4.69) is 44.1 Å². The van der Waals surface area contributed by atoms with E-state index in [4.69, 9.17) is 16.1 Å². The molecule has 0 aliphatic heterocycles. The molecule has 0 bridgehead atoms. The van der Waals surface area contributed by atoms with Gasteiger partial charge in [-0.3, -0.25) is 0 Å². The van der Waals surface area contributed by atoms with Crippen molar-refractivity contribution in [2.75, 3.05) is 13.1 Å². The highest BCUT2D eigenvalue weighted by atomic mass is 127. The quantitative estimate of drug-likeness (QED) is 0.263. The van der Waals surface area contributed by atoms with E-state index in [1.165, 1.54) is 10.4 Å². The number of nitrogens with one attached hydrogen (secondary N) is 2. The summed E-state index contributed by atoms with van der Waals surface area (Å²) in [6, 6.07) is 9.48. The molecule has 0 aliphatic rings. The molecule has 3 rings (SSSR count). The molecule has 0 radical (unpaired) electrons. The number of thiophene rings is 1. The first kappa shape index (κ1) is 22.6. The molecule has 0 fully saturated rings. The van der Waals surface area contributed by atoms with Gasteiger partial charge in [-0.2, -0.15) is 4.98 Å². The van der Waals surface area contributed by atoms with Gasteiger partial charge >= 0.3 is 0 Å². The van der Waals surface area contributed by atoms with E-state index in [9.17, 15) is 0 Å². The first-order valence-corrected chi connectivity index (χ1v) is 10.0. The average molecular weight is 532 g/mol. The lowest BCUT2D eigenvalue weighted by Crippen LogP contribution is -2.38. The van der Waals surface area contributed by atoms with Crippen molar-refractivity contribution in [2.24, 2.45) is 4.99 Å². The zero-order chi connectivity index (χ0) is 19.1. The van der Waals surface area contributed by atoms with Gasteiger partial charge in [0.05, 0.1) is 6.54 Å². The van der Waals surface area contributed by atoms with E-state index in [0.717, 1.165) is 18.1 Å². The molecule has 2 aromatic heterocycles. The van der Waals surface area contributed by atoms with E-state index < -0.39 is 0 Å². The molecular formula is C19H23ClIN5OS. The highest BCUT2D eigenvalue weighted by Gasteiger charge is 2.09. The van der Waals surface area contributed by atoms with Crippen molar-refractivity contribution in [3.63, 3.8) is 0 Å². The molecule has 0 saturated carbocycles. The fourth-order valence-electron chi connectivity index (χ4n) is 2.42. The Bertz CT molecular complexity index is 894. The van der Waals surface area contributed by atoms with Crippen LogP contribution in [0.1, 0.15) is 23.3 Å². The maximum Gasteiger partial charge on any atom is 0.228 e. The van der Waals surface area contributed by atoms with Crippen LogP contribution in [0.4, 0.5) is 0 Å². The third-order valence-corrected chi connectivity index (χ3v) is 5.15.